The van der Waals surface area contributed by atoms with Crippen molar-refractivity contribution in [3.8, 4) is 11.5 Å². The molecular weight excluding hydrogens is 1450 g/mol. The van der Waals surface area contributed by atoms with Crippen LogP contribution in [-0.4, -0.2) is 282 Å². The van der Waals surface area contributed by atoms with Crippen molar-refractivity contribution >= 4 is 109 Å². The Labute approximate surface area is 628 Å². The van der Waals surface area contributed by atoms with Crippen LogP contribution in [0, 0.1) is 10.1 Å². The fourth-order valence-electron chi connectivity index (χ4n) is 12.0. The van der Waals surface area contributed by atoms with Crippen molar-refractivity contribution in [1.29, 1.82) is 0 Å². The molecule has 7 rings (SSSR count). The third-order valence-corrected chi connectivity index (χ3v) is 20.3. The van der Waals surface area contributed by atoms with E-state index in [9.17, 15) is 79.1 Å². The highest BCUT2D eigenvalue weighted by Crippen LogP contribution is 2.26. The van der Waals surface area contributed by atoms with Gasteiger partial charge in [-0.3, -0.25) is 87.2 Å². The van der Waals surface area contributed by atoms with Gasteiger partial charge in [0.15, 0.2) is 0 Å². The standard InChI is InChI=1S/C70H92N16O20S2/c1-41(87)62-70(104)80-57(68(102)76-52(63(72)97)30-43-11-17-47(88)18-12-43)40-108-107-39-56(69(103)77-54(32-44-13-19-48(89)20-14-44)66(100)78-55(33-45-34-73-50-7-3-2-6-49(45)50)67(101)75-51(64(98)81-62)8-4-5-21-71)79-65(99)53(31-42-9-15-46(16-10-42)86(105)106)74-58(90)35-82-22-24-83(36-59(91)92)26-28-85(38-61(95)96)29-27-84(25-23-82)37-60(93)94/h2-3,6-7,9-20,34,41,51-57,62,73,87-89H,4-5,8,21-33,35-40,71H2,1H3,(H2,72,97)(H,74,90)(H,75,101)(H,76,102)(H,77,103)(H,78,100)(H,79,99)(H,80,104)(H,81,98)(H,91,92)(H,93,94)(H,95,96)/t41-,51+,52-,53+,54+,55-,56-,57+,62+/m1/s1. The summed E-state index contributed by atoms with van der Waals surface area (Å²) in [7, 11) is 1.66. The molecule has 2 aliphatic heterocycles. The lowest BCUT2D eigenvalue weighted by molar-refractivity contribution is -0.384. The second-order valence-electron chi connectivity index (χ2n) is 26.2. The SMILES string of the molecule is C[C@@H](O)[C@@H]1NC(=O)[C@H](CCCCN)NC(=O)[C@@H](Cc2c[nH]c3ccccc23)NC(=O)[C@H](Cc2ccc(O)cc2)NC(=O)[C@H](NC(=O)[C@H](Cc2ccc([N+](=O)[O-])cc2)NC(=O)CN2CCN(CC(=O)O)CCN(CC(=O)O)CCN(CC(=O)O)CC2)CSSC[C@@H](C(=O)N[C@H](Cc2ccc(O)cc2)C(N)=O)NC1=O. The molecule has 0 radical (unpaired) electrons. The van der Waals surface area contributed by atoms with E-state index >= 15 is 19.2 Å². The maximum atomic E-state index is 15.5. The molecule has 584 valence electrons. The monoisotopic (exact) mass is 1540 g/mol. The molecule has 0 unspecified atom stereocenters. The number of aromatic hydroxyl groups is 2. The molecule has 108 heavy (non-hydrogen) atoms. The number of nitrogens with one attached hydrogen (secondary N) is 9. The Bertz CT molecular complexity index is 3920. The van der Waals surface area contributed by atoms with E-state index in [2.05, 4.69) is 47.5 Å². The van der Waals surface area contributed by atoms with Crippen molar-refractivity contribution in [2.75, 3.05) is 96.6 Å². The first-order chi connectivity index (χ1) is 51.5. The highest BCUT2D eigenvalue weighted by atomic mass is 33.1. The zero-order valence-corrected chi connectivity index (χ0v) is 60.8. The number of carboxylic acids is 3. The number of primary amides is 1. The van der Waals surface area contributed by atoms with Crippen LogP contribution in [0.25, 0.3) is 10.9 Å². The molecule has 3 heterocycles. The van der Waals surface area contributed by atoms with Crippen LogP contribution < -0.4 is 54.0 Å². The molecule has 2 aliphatic rings. The minimum absolute atomic E-state index is 0.00566. The molecule has 36 nitrogen and oxygen atoms in total. The number of aliphatic carboxylic acids is 3. The van der Waals surface area contributed by atoms with Crippen LogP contribution in [0.4, 0.5) is 5.69 Å². The van der Waals surface area contributed by atoms with E-state index in [-0.39, 0.29) is 114 Å². The molecular formula is C70H92N16O20S2. The fourth-order valence-corrected chi connectivity index (χ4v) is 14.3. The van der Waals surface area contributed by atoms with E-state index in [0.717, 1.165) is 33.7 Å². The van der Waals surface area contributed by atoms with Gasteiger partial charge in [-0.25, -0.2) is 0 Å². The van der Waals surface area contributed by atoms with Crippen molar-refractivity contribution in [3.63, 3.8) is 0 Å². The van der Waals surface area contributed by atoms with Gasteiger partial charge in [0.25, 0.3) is 5.69 Å². The van der Waals surface area contributed by atoms with Gasteiger partial charge in [-0.05, 0) is 85.3 Å². The first-order valence-corrected chi connectivity index (χ1v) is 37.2. The average Bonchev–Trinajstić information content (AvgIpc) is 1.62. The third-order valence-electron chi connectivity index (χ3n) is 17.9. The quantitative estimate of drug-likeness (QED) is 0.0107. The molecule has 19 N–H and O–H groups in total. The lowest BCUT2D eigenvalue weighted by Crippen LogP contribution is -2.62. The number of para-hydroxylation sites is 1. The van der Waals surface area contributed by atoms with Crippen LogP contribution in [0.1, 0.15) is 48.4 Å². The van der Waals surface area contributed by atoms with Crippen LogP contribution >= 0.6 is 21.6 Å². The number of nitro groups is 1. The molecule has 0 aliphatic carbocycles. The number of unbranched alkanes of at least 4 members (excludes halogenated alkanes) is 1. The minimum Gasteiger partial charge on any atom is -0.508 e. The van der Waals surface area contributed by atoms with Crippen LogP contribution in [0.5, 0.6) is 11.5 Å². The summed E-state index contributed by atoms with van der Waals surface area (Å²) in [4.78, 5) is 189. The van der Waals surface area contributed by atoms with E-state index in [1.807, 2.05) is 0 Å². The first-order valence-electron chi connectivity index (χ1n) is 34.7. The van der Waals surface area contributed by atoms with Crippen LogP contribution in [0.2, 0.25) is 0 Å². The number of aromatic nitrogens is 1. The lowest BCUT2D eigenvalue weighted by atomic mass is 10.0. The molecule has 0 bridgehead atoms. The van der Waals surface area contributed by atoms with E-state index in [0.29, 0.717) is 34.0 Å². The van der Waals surface area contributed by atoms with Gasteiger partial charge in [0.1, 0.15) is 59.8 Å². The van der Waals surface area contributed by atoms with Crippen molar-refractivity contribution in [1.82, 2.24) is 67.1 Å². The van der Waals surface area contributed by atoms with Crippen molar-refractivity contribution in [2.45, 2.75) is 106 Å². The van der Waals surface area contributed by atoms with Gasteiger partial charge >= 0.3 is 17.9 Å². The number of carboxylic acid groups (broad SMARTS) is 3. The van der Waals surface area contributed by atoms with Gasteiger partial charge in [-0.2, -0.15) is 0 Å². The smallest absolute Gasteiger partial charge is 0.317 e. The number of rotatable bonds is 28. The average molecular weight is 1540 g/mol. The number of phenolic OH excluding ortho intramolecular Hbond substituents is 2. The second-order valence-corrected chi connectivity index (χ2v) is 28.7. The van der Waals surface area contributed by atoms with Gasteiger partial charge in [-0.15, -0.1) is 0 Å². The number of H-pyrrole nitrogens is 1. The Morgan fingerprint density at radius 1 is 0.583 bits per heavy atom. The van der Waals surface area contributed by atoms with E-state index in [1.54, 1.807) is 40.3 Å². The number of hydrogen-bond donors (Lipinski definition) is 17. The molecule has 1 aromatic heterocycles. The number of carbonyl (C=O) groups excluding carboxylic acids is 9. The maximum Gasteiger partial charge on any atom is 0.317 e. The van der Waals surface area contributed by atoms with E-state index < -0.39 is 175 Å². The molecule has 0 saturated carbocycles. The molecule has 9 amide bonds. The number of benzene rings is 4. The highest BCUT2D eigenvalue weighted by Gasteiger charge is 2.38. The van der Waals surface area contributed by atoms with Crippen molar-refractivity contribution in [2.24, 2.45) is 11.5 Å². The molecule has 4 aromatic carbocycles. The Morgan fingerprint density at radius 2 is 1.06 bits per heavy atom. The molecule has 2 fully saturated rings. The summed E-state index contributed by atoms with van der Waals surface area (Å²) < 4.78 is 0. The van der Waals surface area contributed by atoms with Crippen LogP contribution in [0.3, 0.4) is 0 Å². The first kappa shape index (κ1) is 84.8. The van der Waals surface area contributed by atoms with Gasteiger partial charge < -0.3 is 89.6 Å². The van der Waals surface area contributed by atoms with Gasteiger partial charge in [0.2, 0.25) is 53.2 Å². The Kier molecular flexibility index (Phi) is 33.1. The summed E-state index contributed by atoms with van der Waals surface area (Å²) in [5.41, 5.74) is 13.6. The largest absolute Gasteiger partial charge is 0.508 e. The van der Waals surface area contributed by atoms with Crippen molar-refractivity contribution < 1.29 is 93.1 Å². The Morgan fingerprint density at radius 3 is 1.59 bits per heavy atom. The highest BCUT2D eigenvalue weighted by molar-refractivity contribution is 8.76. The summed E-state index contributed by atoms with van der Waals surface area (Å²) in [5, 5.41) is 94.6. The lowest BCUT2D eigenvalue weighted by Gasteiger charge is -2.33. The predicted octanol–water partition coefficient (Wildman–Crippen LogP) is -2.50. The molecule has 5 aromatic rings. The van der Waals surface area contributed by atoms with Gasteiger partial charge in [0.05, 0.1) is 37.2 Å². The number of fused-ring (bicyclic) bond motifs is 1. The number of nitrogens with two attached hydrogens (primary N) is 2. The number of carbonyl (C=O) groups is 12. The number of aliphatic hydroxyl groups excluding tert-OH is 1. The predicted molar refractivity (Wildman–Crippen MR) is 395 cm³/mol. The van der Waals surface area contributed by atoms with Crippen molar-refractivity contribution in [3.05, 3.63) is 136 Å². The summed E-state index contributed by atoms with van der Waals surface area (Å²) >= 11 is 0. The van der Waals surface area contributed by atoms with Crippen LogP contribution in [0.15, 0.2) is 103 Å². The summed E-state index contributed by atoms with van der Waals surface area (Å²) in [6.07, 6.45) is -0.801. The minimum atomic E-state index is -1.85. The second kappa shape index (κ2) is 42.2. The topological polar surface area (TPSA) is 546 Å². The fraction of sp³-hybridized carbons (Fsp3) is 0.457. The zero-order chi connectivity index (χ0) is 78.6. The van der Waals surface area contributed by atoms with E-state index in [4.69, 9.17) is 11.5 Å². The molecule has 9 atom stereocenters. The molecule has 2 saturated heterocycles. The summed E-state index contributed by atoms with van der Waals surface area (Å²) in [5.74, 6) is -13.8. The van der Waals surface area contributed by atoms with Crippen LogP contribution in [-0.2, 0) is 83.2 Å². The number of hydrogen-bond acceptors (Lipinski definition) is 24. The number of nitro benzene ring substituents is 1. The Balaban J connectivity index is 1.29. The Hall–Kier alpha value is -10.5. The molecule has 0 spiro atoms. The van der Waals surface area contributed by atoms with E-state index in [1.165, 1.54) is 77.4 Å². The number of nitrogens with zero attached hydrogens (tertiary/aromatic N) is 5. The molecule has 38 heteroatoms. The number of aliphatic hydroxyl groups is 1. The zero-order valence-electron chi connectivity index (χ0n) is 59.2. The summed E-state index contributed by atoms with van der Waals surface area (Å²) in [6, 6.07) is 10.1. The maximum absolute atomic E-state index is 15.5. The number of non-ortho nitro benzene ring substituents is 1. The summed E-state index contributed by atoms with van der Waals surface area (Å²) in [6.45, 7) is -0.285. The third kappa shape index (κ3) is 27.7. The number of aromatic amines is 1. The number of amides is 9. The number of phenols is 2. The van der Waals surface area contributed by atoms with Gasteiger partial charge in [-0.1, -0.05) is 76.2 Å². The normalized spacial score (nSPS) is 20.8. The van der Waals surface area contributed by atoms with Gasteiger partial charge in [0, 0.05) is 119 Å².